The molecule has 1 aromatic carbocycles. The molecule has 0 bridgehead atoms. The van der Waals surface area contributed by atoms with Gasteiger partial charge in [-0.25, -0.2) is 0 Å². The van der Waals surface area contributed by atoms with Crippen LogP contribution in [-0.4, -0.2) is 11.1 Å². The van der Waals surface area contributed by atoms with E-state index in [-0.39, 0.29) is 5.41 Å². The Kier molecular flexibility index (Phi) is 3.28. The molecule has 2 rings (SSSR count). The van der Waals surface area contributed by atoms with Gasteiger partial charge in [-0.15, -0.1) is 0 Å². The molecule has 1 fully saturated rings. The lowest BCUT2D eigenvalue weighted by atomic mass is 9.97. The summed E-state index contributed by atoms with van der Waals surface area (Å²) in [5.41, 5.74) is 1.01. The van der Waals surface area contributed by atoms with Crippen LogP contribution in [0.25, 0.3) is 0 Å². The minimum atomic E-state index is -0.591. The molecule has 1 saturated carbocycles. The second kappa shape index (κ2) is 4.69. The topological polar surface area (TPSA) is 37.3 Å². The van der Waals surface area contributed by atoms with Crippen LogP contribution in [0.15, 0.2) is 30.3 Å². The van der Waals surface area contributed by atoms with E-state index in [2.05, 4.69) is 24.3 Å². The Morgan fingerprint density at radius 3 is 2.44 bits per heavy atom. The zero-order valence-corrected chi connectivity index (χ0v) is 9.48. The van der Waals surface area contributed by atoms with Crippen molar-refractivity contribution in [1.82, 2.24) is 0 Å². The van der Waals surface area contributed by atoms with Crippen molar-refractivity contribution >= 4 is 5.97 Å². The molecule has 86 valence electrons. The van der Waals surface area contributed by atoms with E-state index in [9.17, 15) is 4.79 Å². The van der Waals surface area contributed by atoms with Gasteiger partial charge < -0.3 is 5.11 Å². The van der Waals surface area contributed by atoms with Crippen LogP contribution in [0.3, 0.4) is 0 Å². The molecule has 0 heterocycles. The summed E-state index contributed by atoms with van der Waals surface area (Å²) >= 11 is 0. The molecular weight excluding hydrogens is 200 g/mol. The summed E-state index contributed by atoms with van der Waals surface area (Å²) in [6.45, 7) is 0. The zero-order valence-electron chi connectivity index (χ0n) is 9.48. The van der Waals surface area contributed by atoms with Gasteiger partial charge in [-0.05, 0) is 37.7 Å². The number of rotatable bonds is 6. The maximum absolute atomic E-state index is 10.9. The molecule has 1 aliphatic rings. The highest BCUT2D eigenvalue weighted by Gasteiger charge is 2.49. The summed E-state index contributed by atoms with van der Waals surface area (Å²) in [4.78, 5) is 10.9. The third-order valence-corrected chi connectivity index (χ3v) is 3.52. The fourth-order valence-corrected chi connectivity index (χ4v) is 2.16. The summed E-state index contributed by atoms with van der Waals surface area (Å²) in [5, 5.41) is 9.02. The Hall–Kier alpha value is -1.31. The summed E-state index contributed by atoms with van der Waals surface area (Å²) in [7, 11) is 0. The lowest BCUT2D eigenvalue weighted by Crippen LogP contribution is -2.14. The molecule has 0 radical (unpaired) electrons. The average molecular weight is 218 g/mol. The first-order valence-electron chi connectivity index (χ1n) is 6.00. The van der Waals surface area contributed by atoms with Crippen LogP contribution in [0.5, 0.6) is 0 Å². The highest BCUT2D eigenvalue weighted by Crippen LogP contribution is 2.50. The van der Waals surface area contributed by atoms with E-state index < -0.39 is 5.97 Å². The largest absolute Gasteiger partial charge is 0.481 e. The Bertz CT molecular complexity index is 352. The van der Waals surface area contributed by atoms with Gasteiger partial charge in [0.15, 0.2) is 0 Å². The second-order valence-corrected chi connectivity index (χ2v) is 4.78. The van der Waals surface area contributed by atoms with Crippen LogP contribution in [-0.2, 0) is 11.2 Å². The van der Waals surface area contributed by atoms with E-state index in [1.54, 1.807) is 0 Å². The smallest absolute Gasteiger partial charge is 0.309 e. The van der Waals surface area contributed by atoms with Crippen LogP contribution in [0, 0.1) is 5.41 Å². The van der Waals surface area contributed by atoms with Crippen LogP contribution in [0.4, 0.5) is 0 Å². The lowest BCUT2D eigenvalue weighted by molar-refractivity contribution is -0.143. The minimum absolute atomic E-state index is 0.337. The van der Waals surface area contributed by atoms with E-state index >= 15 is 0 Å². The SMILES string of the molecule is O=C(O)C1(CCCCc2ccccc2)CC1. The Morgan fingerprint density at radius 1 is 1.19 bits per heavy atom. The van der Waals surface area contributed by atoms with Gasteiger partial charge in [-0.1, -0.05) is 36.8 Å². The number of aryl methyl sites for hydroxylation is 1. The van der Waals surface area contributed by atoms with Crippen LogP contribution in [0.1, 0.15) is 37.7 Å². The van der Waals surface area contributed by atoms with Crippen LogP contribution >= 0.6 is 0 Å². The number of carboxylic acid groups (broad SMARTS) is 1. The van der Waals surface area contributed by atoms with Gasteiger partial charge in [-0.2, -0.15) is 0 Å². The maximum atomic E-state index is 10.9. The first kappa shape index (κ1) is 11.2. The van der Waals surface area contributed by atoms with Crippen molar-refractivity contribution in [3.8, 4) is 0 Å². The molecule has 2 nitrogen and oxygen atoms in total. The van der Waals surface area contributed by atoms with E-state index in [1.165, 1.54) is 5.56 Å². The first-order chi connectivity index (χ1) is 7.73. The van der Waals surface area contributed by atoms with Crippen molar-refractivity contribution < 1.29 is 9.90 Å². The standard InChI is InChI=1S/C14H18O2/c15-13(16)14(10-11-14)9-5-4-8-12-6-2-1-3-7-12/h1-3,6-7H,4-5,8-11H2,(H,15,16). The molecule has 1 aromatic rings. The number of aliphatic carboxylic acids is 1. The highest BCUT2D eigenvalue weighted by molar-refractivity contribution is 5.77. The van der Waals surface area contributed by atoms with Crippen molar-refractivity contribution in [3.05, 3.63) is 35.9 Å². The van der Waals surface area contributed by atoms with E-state index in [0.29, 0.717) is 0 Å². The van der Waals surface area contributed by atoms with Gasteiger partial charge in [0.1, 0.15) is 0 Å². The Balaban J connectivity index is 1.68. The van der Waals surface area contributed by atoms with Crippen LogP contribution in [0.2, 0.25) is 0 Å². The molecule has 0 aromatic heterocycles. The molecule has 0 unspecified atom stereocenters. The average Bonchev–Trinajstić information content (AvgIpc) is 3.07. The third-order valence-electron chi connectivity index (χ3n) is 3.52. The Labute approximate surface area is 96.3 Å². The summed E-state index contributed by atoms with van der Waals surface area (Å²) < 4.78 is 0. The number of unbranched alkanes of at least 4 members (excludes halogenated alkanes) is 1. The number of benzene rings is 1. The first-order valence-corrected chi connectivity index (χ1v) is 6.00. The number of hydrogen-bond donors (Lipinski definition) is 1. The van der Waals surface area contributed by atoms with Gasteiger partial charge in [0.25, 0.3) is 0 Å². The fourth-order valence-electron chi connectivity index (χ4n) is 2.16. The molecule has 0 spiro atoms. The number of carboxylic acids is 1. The molecule has 0 saturated heterocycles. The molecule has 16 heavy (non-hydrogen) atoms. The normalized spacial score (nSPS) is 17.0. The quantitative estimate of drug-likeness (QED) is 0.744. The fraction of sp³-hybridized carbons (Fsp3) is 0.500. The predicted molar refractivity (Wildman–Crippen MR) is 63.3 cm³/mol. The Morgan fingerprint density at radius 2 is 1.88 bits per heavy atom. The highest BCUT2D eigenvalue weighted by atomic mass is 16.4. The summed E-state index contributed by atoms with van der Waals surface area (Å²) in [6.07, 6.45) is 5.81. The molecule has 0 atom stereocenters. The van der Waals surface area contributed by atoms with Gasteiger partial charge >= 0.3 is 5.97 Å². The lowest BCUT2D eigenvalue weighted by Gasteiger charge is -2.08. The number of carbonyl (C=O) groups is 1. The van der Waals surface area contributed by atoms with Gasteiger partial charge in [-0.3, -0.25) is 4.79 Å². The molecule has 2 heteroatoms. The van der Waals surface area contributed by atoms with E-state index in [0.717, 1.165) is 38.5 Å². The van der Waals surface area contributed by atoms with Crippen molar-refractivity contribution in [2.24, 2.45) is 5.41 Å². The van der Waals surface area contributed by atoms with Crippen LogP contribution < -0.4 is 0 Å². The zero-order chi connectivity index (χ0) is 11.4. The van der Waals surface area contributed by atoms with E-state index in [4.69, 9.17) is 5.11 Å². The van der Waals surface area contributed by atoms with Crippen molar-refractivity contribution in [1.29, 1.82) is 0 Å². The van der Waals surface area contributed by atoms with Crippen molar-refractivity contribution in [2.75, 3.05) is 0 Å². The third kappa shape index (κ3) is 2.63. The molecular formula is C14H18O2. The second-order valence-electron chi connectivity index (χ2n) is 4.78. The molecule has 1 aliphatic carbocycles. The van der Waals surface area contributed by atoms with Crippen molar-refractivity contribution in [2.45, 2.75) is 38.5 Å². The summed E-state index contributed by atoms with van der Waals surface area (Å²) in [5.74, 6) is -0.591. The summed E-state index contributed by atoms with van der Waals surface area (Å²) in [6, 6.07) is 10.4. The predicted octanol–water partition coefficient (Wildman–Crippen LogP) is 3.26. The maximum Gasteiger partial charge on any atom is 0.309 e. The minimum Gasteiger partial charge on any atom is -0.481 e. The van der Waals surface area contributed by atoms with Crippen molar-refractivity contribution in [3.63, 3.8) is 0 Å². The van der Waals surface area contributed by atoms with Gasteiger partial charge in [0.2, 0.25) is 0 Å². The molecule has 0 amide bonds. The number of hydrogen-bond acceptors (Lipinski definition) is 1. The van der Waals surface area contributed by atoms with Gasteiger partial charge in [0.05, 0.1) is 5.41 Å². The van der Waals surface area contributed by atoms with Gasteiger partial charge in [0, 0.05) is 0 Å². The van der Waals surface area contributed by atoms with E-state index in [1.807, 2.05) is 6.07 Å². The molecule has 0 aliphatic heterocycles. The molecule has 1 N–H and O–H groups in total. The monoisotopic (exact) mass is 218 g/mol.